The molecule has 3 rings (SSSR count). The summed E-state index contributed by atoms with van der Waals surface area (Å²) in [7, 11) is 1.68. The van der Waals surface area contributed by atoms with E-state index in [2.05, 4.69) is 42.2 Å². The molecule has 0 aliphatic heterocycles. The van der Waals surface area contributed by atoms with Gasteiger partial charge in [-0.15, -0.1) is 0 Å². The summed E-state index contributed by atoms with van der Waals surface area (Å²) in [4.78, 5) is 4.54. The van der Waals surface area contributed by atoms with Gasteiger partial charge in [0, 0.05) is 11.8 Å². The van der Waals surface area contributed by atoms with Crippen LogP contribution in [0.15, 0.2) is 66.9 Å². The van der Waals surface area contributed by atoms with Gasteiger partial charge in [0.25, 0.3) is 0 Å². The first kappa shape index (κ1) is 13.4. The molecule has 0 saturated heterocycles. The standard InChI is InChI=1S/C19H17NO/c1-14-18(15-8-10-17(21-2)11-9-15)12-13-20-19(14)16-6-4-3-5-7-16/h3-13H,1-2H3. The highest BCUT2D eigenvalue weighted by Gasteiger charge is 2.09. The molecule has 0 N–H and O–H groups in total. The molecule has 0 unspecified atom stereocenters. The maximum absolute atomic E-state index is 5.22. The highest BCUT2D eigenvalue weighted by Crippen LogP contribution is 2.30. The van der Waals surface area contributed by atoms with Crippen molar-refractivity contribution >= 4 is 0 Å². The van der Waals surface area contributed by atoms with Crippen LogP contribution in [-0.4, -0.2) is 12.1 Å². The third-order valence-electron chi connectivity index (χ3n) is 3.65. The smallest absolute Gasteiger partial charge is 0.118 e. The van der Waals surface area contributed by atoms with Crippen LogP contribution in [0.1, 0.15) is 5.56 Å². The monoisotopic (exact) mass is 275 g/mol. The van der Waals surface area contributed by atoms with Crippen LogP contribution in [0, 0.1) is 6.92 Å². The molecule has 0 saturated carbocycles. The summed E-state index contributed by atoms with van der Waals surface area (Å²) >= 11 is 0. The fourth-order valence-electron chi connectivity index (χ4n) is 2.51. The summed E-state index contributed by atoms with van der Waals surface area (Å²) in [6.07, 6.45) is 1.87. The van der Waals surface area contributed by atoms with Crippen LogP contribution in [0.2, 0.25) is 0 Å². The average Bonchev–Trinajstić information content (AvgIpc) is 2.56. The Bertz CT molecular complexity index is 733. The van der Waals surface area contributed by atoms with Crippen LogP contribution in [0.4, 0.5) is 0 Å². The molecule has 0 fully saturated rings. The van der Waals surface area contributed by atoms with Gasteiger partial charge in [-0.1, -0.05) is 42.5 Å². The van der Waals surface area contributed by atoms with Gasteiger partial charge in [0.15, 0.2) is 0 Å². The predicted octanol–water partition coefficient (Wildman–Crippen LogP) is 4.73. The van der Waals surface area contributed by atoms with Crippen molar-refractivity contribution in [2.45, 2.75) is 6.92 Å². The van der Waals surface area contributed by atoms with Crippen LogP contribution in [-0.2, 0) is 0 Å². The molecule has 0 radical (unpaired) electrons. The van der Waals surface area contributed by atoms with Crippen LogP contribution >= 0.6 is 0 Å². The zero-order valence-corrected chi connectivity index (χ0v) is 12.2. The molecule has 3 aromatic rings. The minimum absolute atomic E-state index is 0.869. The Hall–Kier alpha value is -2.61. The van der Waals surface area contributed by atoms with Crippen LogP contribution in [0.5, 0.6) is 5.75 Å². The molecule has 2 nitrogen and oxygen atoms in total. The van der Waals surface area contributed by atoms with E-state index >= 15 is 0 Å². The summed E-state index contributed by atoms with van der Waals surface area (Å²) in [5.74, 6) is 0.869. The van der Waals surface area contributed by atoms with E-state index in [1.54, 1.807) is 7.11 Å². The molecule has 0 atom stereocenters. The number of benzene rings is 2. The van der Waals surface area contributed by atoms with Gasteiger partial charge in [-0.2, -0.15) is 0 Å². The molecule has 2 aromatic carbocycles. The molecule has 0 aliphatic carbocycles. The molecule has 2 heteroatoms. The van der Waals surface area contributed by atoms with Crippen molar-refractivity contribution in [3.63, 3.8) is 0 Å². The first-order chi connectivity index (χ1) is 10.3. The highest BCUT2D eigenvalue weighted by molar-refractivity contribution is 5.75. The van der Waals surface area contributed by atoms with E-state index in [1.807, 2.05) is 36.5 Å². The van der Waals surface area contributed by atoms with E-state index in [0.717, 1.165) is 17.0 Å². The van der Waals surface area contributed by atoms with E-state index in [-0.39, 0.29) is 0 Å². The number of nitrogens with zero attached hydrogens (tertiary/aromatic N) is 1. The molecule has 21 heavy (non-hydrogen) atoms. The third kappa shape index (κ3) is 2.65. The van der Waals surface area contributed by atoms with Crippen LogP contribution in [0.25, 0.3) is 22.4 Å². The van der Waals surface area contributed by atoms with Crippen molar-refractivity contribution in [1.82, 2.24) is 4.98 Å². The molecule has 1 heterocycles. The topological polar surface area (TPSA) is 22.1 Å². The van der Waals surface area contributed by atoms with E-state index < -0.39 is 0 Å². The Labute approximate surface area is 125 Å². The zero-order chi connectivity index (χ0) is 14.7. The molecular weight excluding hydrogens is 258 g/mol. The van der Waals surface area contributed by atoms with Crippen molar-refractivity contribution in [3.8, 4) is 28.1 Å². The van der Waals surface area contributed by atoms with Gasteiger partial charge in [0.05, 0.1) is 12.8 Å². The van der Waals surface area contributed by atoms with Crippen molar-refractivity contribution in [3.05, 3.63) is 72.4 Å². The number of methoxy groups -OCH3 is 1. The maximum Gasteiger partial charge on any atom is 0.118 e. The van der Waals surface area contributed by atoms with Crippen molar-refractivity contribution in [2.24, 2.45) is 0 Å². The lowest BCUT2D eigenvalue weighted by Crippen LogP contribution is -1.92. The number of rotatable bonds is 3. The van der Waals surface area contributed by atoms with Gasteiger partial charge in [-0.3, -0.25) is 4.98 Å². The van der Waals surface area contributed by atoms with Gasteiger partial charge < -0.3 is 4.74 Å². The lowest BCUT2D eigenvalue weighted by atomic mass is 9.97. The number of pyridine rings is 1. The third-order valence-corrected chi connectivity index (χ3v) is 3.65. The van der Waals surface area contributed by atoms with Crippen molar-refractivity contribution < 1.29 is 4.74 Å². The van der Waals surface area contributed by atoms with Crippen LogP contribution < -0.4 is 4.74 Å². The molecular formula is C19H17NO. The normalized spacial score (nSPS) is 10.4. The second-order valence-corrected chi connectivity index (χ2v) is 4.93. The Morgan fingerprint density at radius 2 is 1.52 bits per heavy atom. The van der Waals surface area contributed by atoms with Gasteiger partial charge in [0.1, 0.15) is 5.75 Å². The first-order valence-electron chi connectivity index (χ1n) is 6.95. The number of aromatic nitrogens is 1. The molecule has 0 aliphatic rings. The van der Waals surface area contributed by atoms with E-state index in [1.165, 1.54) is 16.7 Å². The second-order valence-electron chi connectivity index (χ2n) is 4.93. The largest absolute Gasteiger partial charge is 0.497 e. The van der Waals surface area contributed by atoms with Crippen molar-refractivity contribution in [1.29, 1.82) is 0 Å². The zero-order valence-electron chi connectivity index (χ0n) is 12.2. The molecule has 0 bridgehead atoms. The van der Waals surface area contributed by atoms with E-state index in [4.69, 9.17) is 4.74 Å². The molecule has 104 valence electrons. The first-order valence-corrected chi connectivity index (χ1v) is 6.95. The molecule has 0 spiro atoms. The summed E-state index contributed by atoms with van der Waals surface area (Å²) in [6, 6.07) is 20.5. The van der Waals surface area contributed by atoms with E-state index in [0.29, 0.717) is 0 Å². The SMILES string of the molecule is COc1ccc(-c2ccnc(-c3ccccc3)c2C)cc1. The summed E-state index contributed by atoms with van der Waals surface area (Å²) in [5, 5.41) is 0. The highest BCUT2D eigenvalue weighted by atomic mass is 16.5. The number of hydrogen-bond acceptors (Lipinski definition) is 2. The van der Waals surface area contributed by atoms with Gasteiger partial charge in [-0.05, 0) is 41.8 Å². The Balaban J connectivity index is 2.08. The Morgan fingerprint density at radius 1 is 0.810 bits per heavy atom. The minimum Gasteiger partial charge on any atom is -0.497 e. The average molecular weight is 275 g/mol. The Kier molecular flexibility index (Phi) is 3.69. The lowest BCUT2D eigenvalue weighted by Gasteiger charge is -2.11. The summed E-state index contributed by atoms with van der Waals surface area (Å²) in [5.41, 5.74) is 5.74. The number of ether oxygens (including phenoxy) is 1. The second kappa shape index (κ2) is 5.80. The van der Waals surface area contributed by atoms with Gasteiger partial charge in [-0.25, -0.2) is 0 Å². The van der Waals surface area contributed by atoms with Gasteiger partial charge >= 0.3 is 0 Å². The summed E-state index contributed by atoms with van der Waals surface area (Å²) < 4.78 is 5.22. The predicted molar refractivity (Wildman–Crippen MR) is 86.4 cm³/mol. The van der Waals surface area contributed by atoms with Gasteiger partial charge in [0.2, 0.25) is 0 Å². The fourth-order valence-corrected chi connectivity index (χ4v) is 2.51. The maximum atomic E-state index is 5.22. The summed E-state index contributed by atoms with van der Waals surface area (Å²) in [6.45, 7) is 2.12. The molecule has 0 amide bonds. The van der Waals surface area contributed by atoms with E-state index in [9.17, 15) is 0 Å². The van der Waals surface area contributed by atoms with Crippen molar-refractivity contribution in [2.75, 3.05) is 7.11 Å². The quantitative estimate of drug-likeness (QED) is 0.689. The van der Waals surface area contributed by atoms with Crippen LogP contribution in [0.3, 0.4) is 0 Å². The molecule has 1 aromatic heterocycles. The lowest BCUT2D eigenvalue weighted by molar-refractivity contribution is 0.415. The Morgan fingerprint density at radius 3 is 2.19 bits per heavy atom. The number of hydrogen-bond donors (Lipinski definition) is 0. The fraction of sp³-hybridized carbons (Fsp3) is 0.105. The minimum atomic E-state index is 0.869.